The smallest absolute Gasteiger partial charge is 0.311 e. The van der Waals surface area contributed by atoms with Crippen LogP contribution in [0, 0.1) is 5.41 Å². The molecule has 0 aliphatic rings. The number of amides is 1. The number of halogens is 2. The highest BCUT2D eigenvalue weighted by Crippen LogP contribution is 2.31. The van der Waals surface area contributed by atoms with Crippen LogP contribution >= 0.6 is 31.9 Å². The molecule has 0 unspecified atom stereocenters. The number of carbonyl (C=O) groups excluding carboxylic acids is 1. The van der Waals surface area contributed by atoms with E-state index in [1.54, 1.807) is 39.8 Å². The summed E-state index contributed by atoms with van der Waals surface area (Å²) < 4.78 is 1.54. The highest BCUT2D eigenvalue weighted by atomic mass is 79.9. The number of benzene rings is 1. The molecule has 110 valence electrons. The van der Waals surface area contributed by atoms with Crippen molar-refractivity contribution in [2.45, 2.75) is 33.2 Å². The lowest BCUT2D eigenvalue weighted by Gasteiger charge is -2.38. The molecule has 6 heteroatoms. The van der Waals surface area contributed by atoms with Crippen molar-refractivity contribution in [2.75, 3.05) is 0 Å². The Bertz CT molecular complexity index is 533. The minimum Gasteiger partial charge on any atom is -0.481 e. The van der Waals surface area contributed by atoms with E-state index in [1.807, 2.05) is 6.07 Å². The standard InChI is InChI=1S/C14H17Br2NO3/c1-13(2,12(19)20)14(3,4)17-11(18)8-5-9(15)7-10(16)6-8/h5-7H,1-4H3,(H,17,18)(H,19,20). The first-order valence-electron chi connectivity index (χ1n) is 5.99. The molecule has 1 rings (SSSR count). The van der Waals surface area contributed by atoms with Crippen molar-refractivity contribution in [2.24, 2.45) is 5.41 Å². The van der Waals surface area contributed by atoms with E-state index in [9.17, 15) is 14.7 Å². The second kappa shape index (κ2) is 5.85. The fourth-order valence-corrected chi connectivity index (χ4v) is 2.76. The van der Waals surface area contributed by atoms with Crippen LogP contribution in [0.3, 0.4) is 0 Å². The van der Waals surface area contributed by atoms with E-state index in [1.165, 1.54) is 0 Å². The number of carbonyl (C=O) groups is 2. The maximum absolute atomic E-state index is 12.3. The van der Waals surface area contributed by atoms with Crippen molar-refractivity contribution >= 4 is 43.7 Å². The van der Waals surface area contributed by atoms with Crippen LogP contribution in [0.25, 0.3) is 0 Å². The zero-order chi connectivity index (χ0) is 15.7. The summed E-state index contributed by atoms with van der Waals surface area (Å²) in [5.41, 5.74) is -1.53. The molecular formula is C14H17Br2NO3. The molecule has 0 radical (unpaired) electrons. The minimum absolute atomic E-state index is 0.314. The number of nitrogens with one attached hydrogen (secondary N) is 1. The molecule has 0 fully saturated rings. The van der Waals surface area contributed by atoms with Gasteiger partial charge in [-0.1, -0.05) is 31.9 Å². The van der Waals surface area contributed by atoms with Crippen LogP contribution in [-0.2, 0) is 4.79 Å². The van der Waals surface area contributed by atoms with Crippen LogP contribution in [0.1, 0.15) is 38.1 Å². The van der Waals surface area contributed by atoms with Gasteiger partial charge in [0.2, 0.25) is 0 Å². The van der Waals surface area contributed by atoms with Gasteiger partial charge in [-0.2, -0.15) is 0 Å². The van der Waals surface area contributed by atoms with Crippen LogP contribution < -0.4 is 5.32 Å². The Kier molecular flexibility index (Phi) is 5.03. The van der Waals surface area contributed by atoms with Crippen LogP contribution in [0.4, 0.5) is 0 Å². The first-order chi connectivity index (χ1) is 8.97. The lowest BCUT2D eigenvalue weighted by Crippen LogP contribution is -2.56. The summed E-state index contributed by atoms with van der Waals surface area (Å²) >= 11 is 6.64. The van der Waals surface area contributed by atoms with Crippen LogP contribution in [0.15, 0.2) is 27.1 Å². The van der Waals surface area contributed by atoms with E-state index in [-0.39, 0.29) is 5.91 Å². The van der Waals surface area contributed by atoms with Crippen molar-refractivity contribution in [1.29, 1.82) is 0 Å². The van der Waals surface area contributed by atoms with E-state index in [0.717, 1.165) is 8.95 Å². The summed E-state index contributed by atoms with van der Waals surface area (Å²) in [7, 11) is 0. The molecule has 1 amide bonds. The molecule has 1 aromatic carbocycles. The quantitative estimate of drug-likeness (QED) is 0.798. The zero-order valence-corrected chi connectivity index (χ0v) is 14.9. The van der Waals surface area contributed by atoms with Gasteiger partial charge in [-0.15, -0.1) is 0 Å². The Labute approximate surface area is 135 Å². The molecule has 0 saturated carbocycles. The van der Waals surface area contributed by atoms with Gasteiger partial charge in [0, 0.05) is 14.5 Å². The summed E-state index contributed by atoms with van der Waals surface area (Å²) in [5, 5.41) is 12.1. The second-order valence-electron chi connectivity index (χ2n) is 5.67. The Morgan fingerprint density at radius 1 is 1.05 bits per heavy atom. The van der Waals surface area contributed by atoms with E-state index in [2.05, 4.69) is 37.2 Å². The first-order valence-corrected chi connectivity index (χ1v) is 7.58. The molecule has 1 aromatic rings. The largest absolute Gasteiger partial charge is 0.481 e. The molecule has 0 spiro atoms. The molecule has 0 aliphatic carbocycles. The van der Waals surface area contributed by atoms with Crippen LogP contribution in [0.2, 0.25) is 0 Å². The average Bonchev–Trinajstić information content (AvgIpc) is 2.26. The van der Waals surface area contributed by atoms with Crippen molar-refractivity contribution in [1.82, 2.24) is 5.32 Å². The second-order valence-corrected chi connectivity index (χ2v) is 7.50. The molecule has 20 heavy (non-hydrogen) atoms. The van der Waals surface area contributed by atoms with Crippen molar-refractivity contribution in [3.05, 3.63) is 32.7 Å². The Hall–Kier alpha value is -0.880. The fraction of sp³-hybridized carbons (Fsp3) is 0.429. The third-order valence-corrected chi connectivity index (χ3v) is 4.56. The molecule has 2 N–H and O–H groups in total. The summed E-state index contributed by atoms with van der Waals surface area (Å²) in [4.78, 5) is 23.6. The van der Waals surface area contributed by atoms with Crippen LogP contribution in [-0.4, -0.2) is 22.5 Å². The summed E-state index contributed by atoms with van der Waals surface area (Å²) in [6.07, 6.45) is 0. The SMILES string of the molecule is CC(C)(NC(=O)c1cc(Br)cc(Br)c1)C(C)(C)C(=O)O. The minimum atomic E-state index is -1.09. The summed E-state index contributed by atoms with van der Waals surface area (Å²) in [5.74, 6) is -1.27. The normalized spacial score (nSPS) is 12.1. The van der Waals surface area contributed by atoms with Crippen molar-refractivity contribution in [3.8, 4) is 0 Å². The molecule has 0 bridgehead atoms. The molecule has 0 saturated heterocycles. The van der Waals surface area contributed by atoms with Gasteiger partial charge in [-0.05, 0) is 45.9 Å². The molecular weight excluding hydrogens is 390 g/mol. The Balaban J connectivity index is 3.03. The average molecular weight is 407 g/mol. The van der Waals surface area contributed by atoms with E-state index >= 15 is 0 Å². The van der Waals surface area contributed by atoms with Gasteiger partial charge in [0.25, 0.3) is 5.91 Å². The fourth-order valence-electron chi connectivity index (χ4n) is 1.46. The lowest BCUT2D eigenvalue weighted by molar-refractivity contribution is -0.150. The number of carboxylic acids is 1. The third-order valence-electron chi connectivity index (χ3n) is 3.65. The number of hydrogen-bond donors (Lipinski definition) is 2. The van der Waals surface area contributed by atoms with E-state index in [0.29, 0.717) is 5.56 Å². The molecule has 0 atom stereocenters. The zero-order valence-electron chi connectivity index (χ0n) is 11.8. The van der Waals surface area contributed by atoms with Gasteiger partial charge in [0.1, 0.15) is 0 Å². The van der Waals surface area contributed by atoms with Gasteiger partial charge in [0.05, 0.1) is 11.0 Å². The lowest BCUT2D eigenvalue weighted by atomic mass is 9.74. The number of carboxylic acid groups (broad SMARTS) is 1. The highest BCUT2D eigenvalue weighted by molar-refractivity contribution is 9.11. The van der Waals surface area contributed by atoms with Gasteiger partial charge in [0.15, 0.2) is 0 Å². The number of hydrogen-bond acceptors (Lipinski definition) is 2. The van der Waals surface area contributed by atoms with Gasteiger partial charge < -0.3 is 10.4 Å². The predicted molar refractivity (Wildman–Crippen MR) is 84.8 cm³/mol. The Morgan fingerprint density at radius 3 is 1.90 bits per heavy atom. The maximum Gasteiger partial charge on any atom is 0.311 e. The monoisotopic (exact) mass is 405 g/mol. The highest BCUT2D eigenvalue weighted by Gasteiger charge is 2.44. The number of rotatable bonds is 4. The molecule has 0 heterocycles. The van der Waals surface area contributed by atoms with Gasteiger partial charge in [-0.3, -0.25) is 9.59 Å². The van der Waals surface area contributed by atoms with E-state index < -0.39 is 16.9 Å². The molecule has 0 aromatic heterocycles. The third kappa shape index (κ3) is 3.61. The molecule has 4 nitrogen and oxygen atoms in total. The Morgan fingerprint density at radius 2 is 1.50 bits per heavy atom. The van der Waals surface area contributed by atoms with Crippen LogP contribution in [0.5, 0.6) is 0 Å². The topological polar surface area (TPSA) is 66.4 Å². The summed E-state index contributed by atoms with van der Waals surface area (Å²) in [6.45, 7) is 6.58. The maximum atomic E-state index is 12.3. The predicted octanol–water partition coefficient (Wildman–Crippen LogP) is 3.83. The summed E-state index contributed by atoms with van der Waals surface area (Å²) in [6, 6.07) is 5.19. The molecule has 0 aliphatic heterocycles. The van der Waals surface area contributed by atoms with E-state index in [4.69, 9.17) is 0 Å². The van der Waals surface area contributed by atoms with Crippen molar-refractivity contribution in [3.63, 3.8) is 0 Å². The number of aliphatic carboxylic acids is 1. The first kappa shape index (κ1) is 17.2. The van der Waals surface area contributed by atoms with Crippen molar-refractivity contribution < 1.29 is 14.7 Å². The van der Waals surface area contributed by atoms with Gasteiger partial charge >= 0.3 is 5.97 Å². The van der Waals surface area contributed by atoms with Gasteiger partial charge in [-0.25, -0.2) is 0 Å².